The minimum atomic E-state index is -3.41. The predicted octanol–water partition coefficient (Wildman–Crippen LogP) is -7.20. The summed E-state index contributed by atoms with van der Waals surface area (Å²) in [5.41, 5.74) is -3.79. The number of carbonyl (C=O) groups is 2. The molecule has 4 atom stereocenters. The summed E-state index contributed by atoms with van der Waals surface area (Å²) in [6, 6.07) is 0. The fourth-order valence-corrected chi connectivity index (χ4v) is 4.31. The first-order valence-electron chi connectivity index (χ1n) is 8.60. The molecule has 2 aliphatic carbocycles. The van der Waals surface area contributed by atoms with Crippen molar-refractivity contribution in [1.29, 1.82) is 0 Å². The maximum atomic E-state index is 12.4. The van der Waals surface area contributed by atoms with Gasteiger partial charge in [-0.25, -0.2) is 0 Å². The molecule has 0 bridgehead atoms. The number of aliphatic hydroxyl groups excluding tert-OH is 6. The molecule has 0 unspecified atom stereocenters. The van der Waals surface area contributed by atoms with E-state index in [1.54, 1.807) is 0 Å². The summed E-state index contributed by atoms with van der Waals surface area (Å²) in [7, 11) is 0. The van der Waals surface area contributed by atoms with E-state index in [1.807, 2.05) is 0 Å². The van der Waals surface area contributed by atoms with Crippen molar-refractivity contribution in [2.45, 2.75) is 73.5 Å². The minimum Gasteiger partial charge on any atom is -0.606 e. The first kappa shape index (κ1) is 23.0. The first-order valence-corrected chi connectivity index (χ1v) is 8.60. The summed E-state index contributed by atoms with van der Waals surface area (Å²) in [6.45, 7) is -3.41. The molecule has 4 fully saturated rings. The van der Waals surface area contributed by atoms with Crippen molar-refractivity contribution in [3.8, 4) is 0 Å². The Morgan fingerprint density at radius 2 is 0.964 bits per heavy atom. The smallest absolute Gasteiger partial charge is 0.606 e. The molecular weight excluding hydrogens is 410 g/mol. The first-order chi connectivity index (χ1) is 12.5. The molecule has 14 heteroatoms. The molecule has 2 saturated carbocycles. The van der Waals surface area contributed by atoms with Crippen molar-refractivity contribution in [2.24, 2.45) is 0 Å². The molecule has 0 amide bonds. The Morgan fingerprint density at radius 1 is 0.679 bits per heavy atom. The van der Waals surface area contributed by atoms with E-state index in [0.717, 1.165) is 0 Å². The van der Waals surface area contributed by atoms with E-state index in [4.69, 9.17) is 18.6 Å². The molecular formula is C14H20BKO12. The summed E-state index contributed by atoms with van der Waals surface area (Å²) in [5.74, 6) is -2.09. The van der Waals surface area contributed by atoms with Gasteiger partial charge in [0, 0.05) is 25.7 Å². The summed E-state index contributed by atoms with van der Waals surface area (Å²) >= 11 is 0. The third-order valence-corrected chi connectivity index (χ3v) is 5.72. The number of aliphatic hydroxyl groups is 6. The van der Waals surface area contributed by atoms with Crippen LogP contribution in [-0.2, 0) is 28.2 Å². The van der Waals surface area contributed by atoms with Crippen LogP contribution in [0.15, 0.2) is 0 Å². The van der Waals surface area contributed by atoms with Crippen LogP contribution in [0.25, 0.3) is 0 Å². The topological polar surface area (TPSA) is 192 Å². The third kappa shape index (κ3) is 3.41. The summed E-state index contributed by atoms with van der Waals surface area (Å²) in [4.78, 5) is 24.8. The number of carbonyl (C=O) groups excluding carboxylic acids is 2. The van der Waals surface area contributed by atoms with E-state index in [1.165, 1.54) is 0 Å². The van der Waals surface area contributed by atoms with Crippen LogP contribution in [0.1, 0.15) is 25.7 Å². The average molecular weight is 430 g/mol. The molecule has 2 aliphatic heterocycles. The Hall–Kier alpha value is 0.321. The summed E-state index contributed by atoms with van der Waals surface area (Å²) in [6.07, 6.45) is -10.6. The zero-order valence-electron chi connectivity index (χ0n) is 15.0. The predicted molar refractivity (Wildman–Crippen MR) is 80.1 cm³/mol. The van der Waals surface area contributed by atoms with Gasteiger partial charge >= 0.3 is 58.3 Å². The van der Waals surface area contributed by atoms with Gasteiger partial charge in [0.2, 0.25) is 0 Å². The normalized spacial score (nSPS) is 53.4. The standard InChI is InChI=1S/C14H20BO12.K/c16-5-1-13(2-6(17)9(5)20)11(22)24-15(26-13)25-12(23)14(27-15)3-7(18)10(21)8(19)4-14;/h5-10,16-21H,1-4H2;/q-1;+1/t5-,6-,7-,8-,9?,10?,13?,14?,15?;/m1./s1. The molecule has 12 nitrogen and oxygen atoms in total. The van der Waals surface area contributed by atoms with Crippen LogP contribution >= 0.6 is 0 Å². The zero-order chi connectivity index (χ0) is 19.8. The SMILES string of the molecule is O=C1O[B-]2(OC(=O)C3(C[C@@H](O)C(O)[C@H](O)C3)O2)OC12C[C@@H](O)C(O)[C@H](O)C2.[K+]. The van der Waals surface area contributed by atoms with Crippen molar-refractivity contribution < 1.29 is 110 Å². The molecule has 28 heavy (non-hydrogen) atoms. The van der Waals surface area contributed by atoms with E-state index < -0.39 is 92.4 Å². The van der Waals surface area contributed by atoms with Gasteiger partial charge in [-0.15, -0.1) is 0 Å². The number of hydrogen-bond donors (Lipinski definition) is 6. The van der Waals surface area contributed by atoms with Crippen molar-refractivity contribution in [3.63, 3.8) is 0 Å². The van der Waals surface area contributed by atoms with Gasteiger partial charge in [0.25, 0.3) is 11.9 Å². The fraction of sp³-hybridized carbons (Fsp3) is 0.857. The molecule has 152 valence electrons. The monoisotopic (exact) mass is 430 g/mol. The van der Waals surface area contributed by atoms with Crippen LogP contribution in [0.4, 0.5) is 0 Å². The molecule has 4 aliphatic rings. The fourth-order valence-electron chi connectivity index (χ4n) is 4.31. The van der Waals surface area contributed by atoms with E-state index in [9.17, 15) is 40.2 Å². The van der Waals surface area contributed by atoms with Gasteiger partial charge in [0.15, 0.2) is 0 Å². The maximum absolute atomic E-state index is 12.4. The molecule has 0 aromatic heterocycles. The molecule has 0 aromatic carbocycles. The summed E-state index contributed by atoms with van der Waals surface area (Å²) in [5, 5.41) is 58.8. The average Bonchev–Trinajstić information content (AvgIpc) is 2.95. The van der Waals surface area contributed by atoms with Crippen LogP contribution in [0.2, 0.25) is 0 Å². The van der Waals surface area contributed by atoms with Gasteiger partial charge in [-0.1, -0.05) is 0 Å². The number of rotatable bonds is 0. The molecule has 0 radical (unpaired) electrons. The van der Waals surface area contributed by atoms with Gasteiger partial charge < -0.3 is 49.3 Å². The quantitative estimate of drug-likeness (QED) is 0.199. The Labute approximate surface area is 201 Å². The molecule has 4 rings (SSSR count). The van der Waals surface area contributed by atoms with Crippen LogP contribution < -0.4 is 51.4 Å². The maximum Gasteiger partial charge on any atom is 1.00 e. The Bertz CT molecular complexity index is 595. The second-order valence-corrected chi connectivity index (χ2v) is 7.68. The Morgan fingerprint density at radius 3 is 1.25 bits per heavy atom. The molecule has 3 spiro atoms. The van der Waals surface area contributed by atoms with Crippen molar-refractivity contribution in [3.05, 3.63) is 0 Å². The Kier molecular flexibility index (Phi) is 6.14. The second kappa shape index (κ2) is 7.48. The zero-order valence-corrected chi connectivity index (χ0v) is 18.1. The van der Waals surface area contributed by atoms with E-state index in [0.29, 0.717) is 0 Å². The summed E-state index contributed by atoms with van der Waals surface area (Å²) < 4.78 is 21.1. The van der Waals surface area contributed by atoms with Crippen molar-refractivity contribution in [1.82, 2.24) is 0 Å². The van der Waals surface area contributed by atoms with Crippen LogP contribution in [0, 0.1) is 0 Å². The molecule has 6 N–H and O–H groups in total. The largest absolute Gasteiger partial charge is 1.00 e. The van der Waals surface area contributed by atoms with E-state index >= 15 is 0 Å². The van der Waals surface area contributed by atoms with Crippen LogP contribution in [0.3, 0.4) is 0 Å². The minimum absolute atomic E-state index is 0. The van der Waals surface area contributed by atoms with E-state index in [-0.39, 0.29) is 51.4 Å². The van der Waals surface area contributed by atoms with Gasteiger partial charge in [0.05, 0.1) is 24.4 Å². The third-order valence-electron chi connectivity index (χ3n) is 5.72. The van der Waals surface area contributed by atoms with Gasteiger partial charge in [-0.3, -0.25) is 9.59 Å². The number of hydrogen-bond acceptors (Lipinski definition) is 12. The van der Waals surface area contributed by atoms with Crippen molar-refractivity contribution >= 4 is 18.9 Å². The molecule has 2 saturated heterocycles. The van der Waals surface area contributed by atoms with Crippen molar-refractivity contribution in [2.75, 3.05) is 0 Å². The molecule has 2 heterocycles. The molecule has 0 aromatic rings. The van der Waals surface area contributed by atoms with Crippen LogP contribution in [0.5, 0.6) is 0 Å². The Balaban J connectivity index is 0.00000225. The van der Waals surface area contributed by atoms with Gasteiger partial charge in [0.1, 0.15) is 23.4 Å². The van der Waals surface area contributed by atoms with E-state index in [2.05, 4.69) is 0 Å². The second-order valence-electron chi connectivity index (χ2n) is 7.68. The van der Waals surface area contributed by atoms with Gasteiger partial charge in [-0.05, 0) is 0 Å². The van der Waals surface area contributed by atoms with Crippen LogP contribution in [-0.4, -0.2) is 97.4 Å². The van der Waals surface area contributed by atoms with Gasteiger partial charge in [-0.2, -0.15) is 0 Å².